The number of carbonyl (C=O) groups is 2. The Hall–Kier alpha value is -2.15. The summed E-state index contributed by atoms with van der Waals surface area (Å²) >= 11 is 0. The summed E-state index contributed by atoms with van der Waals surface area (Å²) in [6.45, 7) is 5.25. The van der Waals surface area contributed by atoms with Crippen molar-refractivity contribution in [2.75, 3.05) is 26.8 Å². The third-order valence-corrected chi connectivity index (χ3v) is 4.01. The van der Waals surface area contributed by atoms with Crippen molar-refractivity contribution in [2.24, 2.45) is 5.92 Å². The summed E-state index contributed by atoms with van der Waals surface area (Å²) in [5, 5.41) is 2.82. The maximum absolute atomic E-state index is 12.6. The summed E-state index contributed by atoms with van der Waals surface area (Å²) in [6, 6.07) is 3.10. The Labute approximate surface area is 148 Å². The number of nitrogens with zero attached hydrogens (tertiary/aromatic N) is 2. The molecule has 2 atom stereocenters. The Morgan fingerprint density at radius 1 is 1.44 bits per heavy atom. The van der Waals surface area contributed by atoms with E-state index in [0.717, 1.165) is 0 Å². The van der Waals surface area contributed by atoms with Gasteiger partial charge in [-0.1, -0.05) is 13.8 Å². The molecule has 0 radical (unpaired) electrons. The first-order valence-electron chi connectivity index (χ1n) is 8.64. The molecule has 0 aromatic carbocycles. The zero-order valence-electron chi connectivity index (χ0n) is 15.1. The lowest BCUT2D eigenvalue weighted by Crippen LogP contribution is -2.46. The summed E-state index contributed by atoms with van der Waals surface area (Å²) in [5.41, 5.74) is 0. The van der Waals surface area contributed by atoms with E-state index in [1.54, 1.807) is 30.5 Å². The minimum Gasteiger partial charge on any atom is -0.487 e. The van der Waals surface area contributed by atoms with E-state index < -0.39 is 6.04 Å². The average molecular weight is 349 g/mol. The minimum absolute atomic E-state index is 0.0146. The van der Waals surface area contributed by atoms with E-state index in [9.17, 15) is 9.59 Å². The Morgan fingerprint density at radius 3 is 2.88 bits per heavy atom. The van der Waals surface area contributed by atoms with Crippen LogP contribution in [0.4, 0.5) is 0 Å². The number of hydrogen-bond acceptors (Lipinski definition) is 5. The minimum atomic E-state index is -0.509. The van der Waals surface area contributed by atoms with Gasteiger partial charge in [0.15, 0.2) is 0 Å². The SMILES string of the molecule is COCCNC(=O)[C@@H]1C[C@H](Oc2cccnc2)CN1C(=O)CC(C)C. The highest BCUT2D eigenvalue weighted by Crippen LogP contribution is 2.24. The summed E-state index contributed by atoms with van der Waals surface area (Å²) in [7, 11) is 1.58. The van der Waals surface area contributed by atoms with Crippen molar-refractivity contribution >= 4 is 11.8 Å². The zero-order valence-corrected chi connectivity index (χ0v) is 15.1. The molecule has 0 unspecified atom stereocenters. The molecule has 2 amide bonds. The molecule has 1 aromatic rings. The van der Waals surface area contributed by atoms with Gasteiger partial charge in [-0.05, 0) is 18.1 Å². The molecule has 0 spiro atoms. The van der Waals surface area contributed by atoms with Gasteiger partial charge in [0.1, 0.15) is 17.9 Å². The number of methoxy groups -OCH3 is 1. The number of aromatic nitrogens is 1. The lowest BCUT2D eigenvalue weighted by molar-refractivity contribution is -0.139. The zero-order chi connectivity index (χ0) is 18.2. The first kappa shape index (κ1) is 19.2. The highest BCUT2D eigenvalue weighted by molar-refractivity contribution is 5.88. The molecule has 1 aromatic heterocycles. The second-order valence-electron chi connectivity index (χ2n) is 6.61. The van der Waals surface area contributed by atoms with Crippen LogP contribution in [-0.4, -0.2) is 60.7 Å². The predicted octanol–water partition coefficient (Wildman–Crippen LogP) is 1.24. The predicted molar refractivity (Wildman–Crippen MR) is 93.1 cm³/mol. The molecule has 2 heterocycles. The van der Waals surface area contributed by atoms with E-state index in [4.69, 9.17) is 9.47 Å². The van der Waals surface area contributed by atoms with Crippen LogP contribution in [0.15, 0.2) is 24.5 Å². The fourth-order valence-electron chi connectivity index (χ4n) is 2.88. The van der Waals surface area contributed by atoms with E-state index in [1.165, 1.54) is 0 Å². The Morgan fingerprint density at radius 2 is 2.24 bits per heavy atom. The molecule has 1 aliphatic heterocycles. The lowest BCUT2D eigenvalue weighted by atomic mass is 10.1. The molecular weight excluding hydrogens is 322 g/mol. The van der Waals surface area contributed by atoms with Gasteiger partial charge in [0.05, 0.1) is 19.3 Å². The van der Waals surface area contributed by atoms with E-state index in [0.29, 0.717) is 38.3 Å². The third kappa shape index (κ3) is 5.70. The lowest BCUT2D eigenvalue weighted by Gasteiger charge is -2.24. The molecular formula is C18H27N3O4. The van der Waals surface area contributed by atoms with Gasteiger partial charge in [0, 0.05) is 32.7 Å². The van der Waals surface area contributed by atoms with Crippen LogP contribution in [0.1, 0.15) is 26.7 Å². The topological polar surface area (TPSA) is 80.8 Å². The van der Waals surface area contributed by atoms with Crippen molar-refractivity contribution in [2.45, 2.75) is 38.8 Å². The molecule has 7 nitrogen and oxygen atoms in total. The smallest absolute Gasteiger partial charge is 0.243 e. The first-order chi connectivity index (χ1) is 12.0. The molecule has 0 aliphatic carbocycles. The summed E-state index contributed by atoms with van der Waals surface area (Å²) in [5.74, 6) is 0.706. The monoisotopic (exact) mass is 349 g/mol. The van der Waals surface area contributed by atoms with Gasteiger partial charge in [0.25, 0.3) is 0 Å². The van der Waals surface area contributed by atoms with Crippen LogP contribution in [0, 0.1) is 5.92 Å². The normalized spacial score (nSPS) is 19.9. The highest BCUT2D eigenvalue weighted by atomic mass is 16.5. The van der Waals surface area contributed by atoms with Gasteiger partial charge in [-0.3, -0.25) is 14.6 Å². The molecule has 1 N–H and O–H groups in total. The van der Waals surface area contributed by atoms with Gasteiger partial charge < -0.3 is 19.7 Å². The van der Waals surface area contributed by atoms with Crippen LogP contribution in [0.5, 0.6) is 5.75 Å². The van der Waals surface area contributed by atoms with E-state index in [2.05, 4.69) is 10.3 Å². The van der Waals surface area contributed by atoms with Gasteiger partial charge >= 0.3 is 0 Å². The van der Waals surface area contributed by atoms with Gasteiger partial charge in [-0.25, -0.2) is 0 Å². The summed E-state index contributed by atoms with van der Waals surface area (Å²) in [4.78, 5) is 30.7. The van der Waals surface area contributed by atoms with Gasteiger partial charge in [-0.15, -0.1) is 0 Å². The summed E-state index contributed by atoms with van der Waals surface area (Å²) in [6.07, 6.45) is 3.97. The average Bonchev–Trinajstić information content (AvgIpc) is 2.99. The number of carbonyl (C=O) groups excluding carboxylic acids is 2. The molecule has 1 fully saturated rings. The number of rotatable bonds is 8. The van der Waals surface area contributed by atoms with Crippen molar-refractivity contribution < 1.29 is 19.1 Å². The second-order valence-corrected chi connectivity index (χ2v) is 6.61. The number of nitrogens with one attached hydrogen (secondary N) is 1. The van der Waals surface area contributed by atoms with Crippen molar-refractivity contribution in [1.82, 2.24) is 15.2 Å². The molecule has 1 saturated heterocycles. The van der Waals surface area contributed by atoms with Crippen LogP contribution in [-0.2, 0) is 14.3 Å². The van der Waals surface area contributed by atoms with Crippen molar-refractivity contribution in [3.8, 4) is 5.75 Å². The number of ether oxygens (including phenoxy) is 2. The largest absolute Gasteiger partial charge is 0.487 e. The van der Waals surface area contributed by atoms with Crippen molar-refractivity contribution in [3.63, 3.8) is 0 Å². The van der Waals surface area contributed by atoms with Crippen LogP contribution in [0.3, 0.4) is 0 Å². The number of pyridine rings is 1. The van der Waals surface area contributed by atoms with Gasteiger partial charge in [-0.2, -0.15) is 0 Å². The molecule has 25 heavy (non-hydrogen) atoms. The maximum Gasteiger partial charge on any atom is 0.243 e. The first-order valence-corrected chi connectivity index (χ1v) is 8.64. The molecule has 7 heteroatoms. The van der Waals surface area contributed by atoms with Gasteiger partial charge in [0.2, 0.25) is 11.8 Å². The third-order valence-electron chi connectivity index (χ3n) is 4.01. The van der Waals surface area contributed by atoms with Crippen LogP contribution < -0.4 is 10.1 Å². The summed E-state index contributed by atoms with van der Waals surface area (Å²) < 4.78 is 10.9. The number of amides is 2. The molecule has 0 saturated carbocycles. The number of hydrogen-bond donors (Lipinski definition) is 1. The van der Waals surface area contributed by atoms with E-state index in [-0.39, 0.29) is 23.8 Å². The standard InChI is InChI=1S/C18H27N3O4/c1-13(2)9-17(22)21-12-15(25-14-5-4-6-19-11-14)10-16(21)18(23)20-7-8-24-3/h4-6,11,13,15-16H,7-10,12H2,1-3H3,(H,20,23)/t15-,16-/m0/s1. The van der Waals surface area contributed by atoms with Crippen molar-refractivity contribution in [1.29, 1.82) is 0 Å². The van der Waals surface area contributed by atoms with Crippen molar-refractivity contribution in [3.05, 3.63) is 24.5 Å². The Kier molecular flexibility index (Phi) is 7.18. The van der Waals surface area contributed by atoms with Crippen LogP contribution in [0.25, 0.3) is 0 Å². The fourth-order valence-corrected chi connectivity index (χ4v) is 2.88. The molecule has 138 valence electrons. The highest BCUT2D eigenvalue weighted by Gasteiger charge is 2.40. The quantitative estimate of drug-likeness (QED) is 0.714. The maximum atomic E-state index is 12.6. The fraction of sp³-hybridized carbons (Fsp3) is 0.611. The molecule has 0 bridgehead atoms. The van der Waals surface area contributed by atoms with E-state index in [1.807, 2.05) is 19.9 Å². The Balaban J connectivity index is 2.04. The van der Waals surface area contributed by atoms with Crippen LogP contribution >= 0.6 is 0 Å². The number of likely N-dealkylation sites (tertiary alicyclic amines) is 1. The van der Waals surface area contributed by atoms with Crippen LogP contribution in [0.2, 0.25) is 0 Å². The molecule has 1 aliphatic rings. The second kappa shape index (κ2) is 9.36. The Bertz CT molecular complexity index is 565. The van der Waals surface area contributed by atoms with E-state index >= 15 is 0 Å². The molecule has 2 rings (SSSR count).